The minimum absolute atomic E-state index is 0.105. The number of aliphatic hydroxyl groups is 1. The third kappa shape index (κ3) is 73.4. The maximum atomic E-state index is 13.1. The number of hydrogen-bond donors (Lipinski definition) is 3. The van der Waals surface area contributed by atoms with Crippen molar-refractivity contribution in [2.24, 2.45) is 17.8 Å². The number of esters is 4. The Kier molecular flexibility index (Phi) is 70.9. The number of phosphoric ester groups is 2. The molecule has 0 aromatic rings. The Hall–Kier alpha value is -1.94. The molecule has 0 saturated carbocycles. The molecule has 0 radical (unpaired) electrons. The van der Waals surface area contributed by atoms with Crippen LogP contribution >= 0.6 is 15.6 Å². The number of carbonyl (C=O) groups is 4. The van der Waals surface area contributed by atoms with Gasteiger partial charge in [0.1, 0.15) is 19.3 Å². The second-order valence-corrected chi connectivity index (χ2v) is 33.4. The Morgan fingerprint density at radius 3 is 0.752 bits per heavy atom. The van der Waals surface area contributed by atoms with Crippen molar-refractivity contribution >= 4 is 39.5 Å². The van der Waals surface area contributed by atoms with E-state index in [0.717, 1.165) is 114 Å². The molecule has 0 heterocycles. The van der Waals surface area contributed by atoms with E-state index in [0.29, 0.717) is 25.7 Å². The van der Waals surface area contributed by atoms with Crippen LogP contribution in [0, 0.1) is 17.8 Å². The Morgan fingerprint density at radius 1 is 0.287 bits per heavy atom. The van der Waals surface area contributed by atoms with Crippen molar-refractivity contribution in [3.05, 3.63) is 0 Å². The van der Waals surface area contributed by atoms with Crippen LogP contribution in [0.4, 0.5) is 0 Å². The molecule has 0 aromatic carbocycles. The van der Waals surface area contributed by atoms with E-state index in [9.17, 15) is 43.2 Å². The van der Waals surface area contributed by atoms with Gasteiger partial charge in [-0.3, -0.25) is 37.3 Å². The third-order valence-corrected chi connectivity index (χ3v) is 21.8. The van der Waals surface area contributed by atoms with Crippen LogP contribution in [0.2, 0.25) is 0 Å². The van der Waals surface area contributed by atoms with Gasteiger partial charge in [0.05, 0.1) is 26.4 Å². The van der Waals surface area contributed by atoms with Crippen molar-refractivity contribution in [3.63, 3.8) is 0 Å². The third-order valence-electron chi connectivity index (χ3n) is 19.9. The lowest BCUT2D eigenvalue weighted by atomic mass is 9.99. The van der Waals surface area contributed by atoms with Crippen molar-refractivity contribution in [1.29, 1.82) is 0 Å². The molecule has 101 heavy (non-hydrogen) atoms. The number of rotatable bonds is 80. The van der Waals surface area contributed by atoms with Gasteiger partial charge in [-0.05, 0) is 43.4 Å². The normalized spacial score (nSPS) is 14.5. The molecule has 17 nitrogen and oxygen atoms in total. The fourth-order valence-corrected chi connectivity index (χ4v) is 14.2. The Balaban J connectivity index is 5.23. The summed E-state index contributed by atoms with van der Waals surface area (Å²) in [5.74, 6) is 0.213. The molecular weight excluding hydrogens is 1320 g/mol. The van der Waals surface area contributed by atoms with Gasteiger partial charge >= 0.3 is 39.5 Å². The van der Waals surface area contributed by atoms with E-state index in [1.807, 2.05) is 0 Å². The highest BCUT2D eigenvalue weighted by Gasteiger charge is 2.30. The average Bonchev–Trinajstić information content (AvgIpc) is 0.944. The highest BCUT2D eigenvalue weighted by atomic mass is 31.2. The van der Waals surface area contributed by atoms with E-state index < -0.39 is 97.5 Å². The summed E-state index contributed by atoms with van der Waals surface area (Å²) in [4.78, 5) is 73.1. The number of ether oxygens (including phenoxy) is 4. The predicted octanol–water partition coefficient (Wildman–Crippen LogP) is 24.5. The molecule has 0 bridgehead atoms. The lowest BCUT2D eigenvalue weighted by Crippen LogP contribution is -2.30. The van der Waals surface area contributed by atoms with Crippen LogP contribution in [-0.4, -0.2) is 96.7 Å². The summed E-state index contributed by atoms with van der Waals surface area (Å²) in [5, 5.41) is 10.6. The van der Waals surface area contributed by atoms with Gasteiger partial charge in [0.25, 0.3) is 0 Å². The minimum atomic E-state index is -4.96. The Morgan fingerprint density at radius 2 is 0.505 bits per heavy atom. The van der Waals surface area contributed by atoms with Crippen LogP contribution in [0.5, 0.6) is 0 Å². The largest absolute Gasteiger partial charge is 0.472 e. The number of phosphoric acid groups is 2. The molecule has 0 aliphatic heterocycles. The lowest BCUT2D eigenvalue weighted by molar-refractivity contribution is -0.161. The van der Waals surface area contributed by atoms with Crippen LogP contribution in [0.15, 0.2) is 0 Å². The first-order chi connectivity index (χ1) is 48.8. The van der Waals surface area contributed by atoms with Crippen molar-refractivity contribution < 1.29 is 80.2 Å². The summed E-state index contributed by atoms with van der Waals surface area (Å²) in [7, 11) is -9.92. The number of aliphatic hydroxyl groups excluding tert-OH is 1. The summed E-state index contributed by atoms with van der Waals surface area (Å²) in [6.07, 6.45) is 61.1. The second kappa shape index (κ2) is 72.3. The minimum Gasteiger partial charge on any atom is -0.462 e. The Labute approximate surface area is 619 Å². The molecule has 600 valence electrons. The van der Waals surface area contributed by atoms with Crippen LogP contribution in [0.1, 0.15) is 427 Å². The van der Waals surface area contributed by atoms with E-state index >= 15 is 0 Å². The maximum Gasteiger partial charge on any atom is 0.472 e. The molecule has 0 aliphatic rings. The van der Waals surface area contributed by atoms with Crippen molar-refractivity contribution in [2.75, 3.05) is 39.6 Å². The molecular formula is C82H160O17P2. The first-order valence-electron chi connectivity index (χ1n) is 42.4. The monoisotopic (exact) mass is 1480 g/mol. The molecule has 19 heteroatoms. The van der Waals surface area contributed by atoms with E-state index in [4.69, 9.17) is 37.0 Å². The van der Waals surface area contributed by atoms with E-state index in [1.165, 1.54) is 231 Å². The summed E-state index contributed by atoms with van der Waals surface area (Å²) in [6, 6.07) is 0. The van der Waals surface area contributed by atoms with E-state index in [1.54, 1.807) is 0 Å². The zero-order chi connectivity index (χ0) is 74.4. The summed E-state index contributed by atoms with van der Waals surface area (Å²) in [6.45, 7) is 11.9. The van der Waals surface area contributed by atoms with Gasteiger partial charge in [-0.25, -0.2) is 9.13 Å². The highest BCUT2D eigenvalue weighted by Crippen LogP contribution is 2.45. The first-order valence-corrected chi connectivity index (χ1v) is 45.4. The zero-order valence-corrected chi connectivity index (χ0v) is 68.2. The molecule has 3 N–H and O–H groups in total. The van der Waals surface area contributed by atoms with Gasteiger partial charge in [0, 0.05) is 25.7 Å². The van der Waals surface area contributed by atoms with Gasteiger partial charge in [-0.2, -0.15) is 0 Å². The molecule has 7 atom stereocenters. The van der Waals surface area contributed by atoms with E-state index in [2.05, 4.69) is 48.5 Å². The smallest absolute Gasteiger partial charge is 0.462 e. The van der Waals surface area contributed by atoms with Gasteiger partial charge in [-0.1, -0.05) is 376 Å². The van der Waals surface area contributed by atoms with Gasteiger partial charge < -0.3 is 33.8 Å². The first kappa shape index (κ1) is 99.1. The highest BCUT2D eigenvalue weighted by molar-refractivity contribution is 7.47. The second-order valence-electron chi connectivity index (χ2n) is 30.5. The van der Waals surface area contributed by atoms with Gasteiger partial charge in [-0.15, -0.1) is 0 Å². The molecule has 0 amide bonds. The molecule has 4 unspecified atom stereocenters. The SMILES string of the molecule is CCCCCCCCCCCCCCCCCCCCCCCC(=O)O[C@H](COC(=O)CCCCCCCCCCCCCCCC(C)C)COP(=O)(O)OC[C@@H](O)COP(=O)(O)OC[C@@H](COC(=O)CCCCCCCCC(C)CC)OC(=O)CCCCCCCCCCCCC(C)CC. The summed E-state index contributed by atoms with van der Waals surface area (Å²) >= 11 is 0. The van der Waals surface area contributed by atoms with Crippen LogP contribution in [0.25, 0.3) is 0 Å². The number of unbranched alkanes of at least 4 members (excludes halogenated alkanes) is 46. The topological polar surface area (TPSA) is 237 Å². The molecule has 0 spiro atoms. The Bertz CT molecular complexity index is 1960. The molecule has 0 aromatic heterocycles. The summed E-state index contributed by atoms with van der Waals surface area (Å²) in [5.41, 5.74) is 0. The van der Waals surface area contributed by atoms with Crippen LogP contribution in [0.3, 0.4) is 0 Å². The van der Waals surface area contributed by atoms with Crippen LogP contribution in [-0.2, 0) is 65.4 Å². The average molecular weight is 1480 g/mol. The fraction of sp³-hybridized carbons (Fsp3) is 0.951. The van der Waals surface area contributed by atoms with E-state index in [-0.39, 0.29) is 25.7 Å². The quantitative estimate of drug-likeness (QED) is 0.0222. The summed E-state index contributed by atoms with van der Waals surface area (Å²) < 4.78 is 68.7. The standard InChI is InChI=1S/C82H160O17P2/c1-8-11-12-13-14-15-16-17-18-19-20-21-22-23-24-27-31-37-42-51-58-65-81(86)98-77(69-92-79(84)63-56-49-41-36-30-28-25-26-29-34-39-46-53-60-73(4)5)71-96-100(88,89)94-67-76(83)68-95-101(90,91)97-72-78(70-93-80(85)64-57-50-45-44-48-55-62-75(7)10-3)99-82(87)66-59-52-43-38-33-32-35-40-47-54-61-74(6)9-2/h73-78,83H,8-72H2,1-7H3,(H,88,89)(H,90,91)/t74?,75?,76-,77-,78-/m1/s1. The maximum absolute atomic E-state index is 13.1. The fourth-order valence-electron chi connectivity index (χ4n) is 12.6. The van der Waals surface area contributed by atoms with Crippen molar-refractivity contribution in [3.8, 4) is 0 Å². The number of hydrogen-bond acceptors (Lipinski definition) is 15. The lowest BCUT2D eigenvalue weighted by Gasteiger charge is -2.21. The van der Waals surface area contributed by atoms with Gasteiger partial charge in [0.2, 0.25) is 0 Å². The van der Waals surface area contributed by atoms with Crippen molar-refractivity contribution in [1.82, 2.24) is 0 Å². The molecule has 0 saturated heterocycles. The van der Waals surface area contributed by atoms with Crippen molar-refractivity contribution in [2.45, 2.75) is 446 Å². The predicted molar refractivity (Wildman–Crippen MR) is 414 cm³/mol. The number of carbonyl (C=O) groups excluding carboxylic acids is 4. The van der Waals surface area contributed by atoms with Crippen LogP contribution < -0.4 is 0 Å². The zero-order valence-electron chi connectivity index (χ0n) is 66.4. The van der Waals surface area contributed by atoms with Gasteiger partial charge in [0.15, 0.2) is 12.2 Å². The molecule has 0 aliphatic carbocycles. The molecule has 0 rings (SSSR count). The molecule has 0 fully saturated rings.